The Morgan fingerprint density at radius 3 is 2.70 bits per heavy atom. The second kappa shape index (κ2) is 5.93. The fraction of sp³-hybridized carbons (Fsp3) is 0.500. The summed E-state index contributed by atoms with van der Waals surface area (Å²) >= 11 is 1.64. The van der Waals surface area contributed by atoms with E-state index in [9.17, 15) is 4.79 Å². The fourth-order valence-electron chi connectivity index (χ4n) is 2.33. The number of methoxy groups -OCH3 is 2. The Hall–Kier alpha value is -1.40. The van der Waals surface area contributed by atoms with Crippen molar-refractivity contribution in [3.63, 3.8) is 0 Å². The van der Waals surface area contributed by atoms with Gasteiger partial charge in [-0.05, 0) is 31.0 Å². The average Bonchev–Trinajstić information content (AvgIpc) is 2.81. The summed E-state index contributed by atoms with van der Waals surface area (Å²) in [6, 6.07) is 5.29. The molecule has 0 radical (unpaired) electrons. The molecule has 0 aromatic heterocycles. The van der Waals surface area contributed by atoms with E-state index in [4.69, 9.17) is 14.6 Å². The van der Waals surface area contributed by atoms with Gasteiger partial charge in [-0.3, -0.25) is 10.1 Å². The lowest BCUT2D eigenvalue weighted by Gasteiger charge is -2.24. The summed E-state index contributed by atoms with van der Waals surface area (Å²) in [5.74, 6) is 1.16. The molecule has 1 aliphatic heterocycles. The standard InChI is InChI=1S/C14H19NO4S/c1-14(15-10(8-20-14)13(16)17)7-9-4-5-11(18-2)12(6-9)19-3/h4-6,10,15H,7-8H2,1-3H3,(H,16,17). The predicted molar refractivity (Wildman–Crippen MR) is 78.7 cm³/mol. The van der Waals surface area contributed by atoms with Crippen LogP contribution in [0.4, 0.5) is 0 Å². The summed E-state index contributed by atoms with van der Waals surface area (Å²) in [7, 11) is 3.21. The van der Waals surface area contributed by atoms with E-state index in [0.717, 1.165) is 12.0 Å². The molecule has 1 heterocycles. The molecule has 0 saturated carbocycles. The minimum Gasteiger partial charge on any atom is -0.493 e. The van der Waals surface area contributed by atoms with Crippen molar-refractivity contribution in [3.8, 4) is 11.5 Å². The van der Waals surface area contributed by atoms with Crippen LogP contribution in [0.2, 0.25) is 0 Å². The van der Waals surface area contributed by atoms with Gasteiger partial charge in [-0.25, -0.2) is 0 Å². The SMILES string of the molecule is COc1ccc(CC2(C)NC(C(=O)O)CS2)cc1OC. The maximum atomic E-state index is 11.0. The van der Waals surface area contributed by atoms with Crippen LogP contribution in [0.25, 0.3) is 0 Å². The second-order valence-electron chi connectivity index (χ2n) is 4.94. The Bertz CT molecular complexity index is 508. The smallest absolute Gasteiger partial charge is 0.321 e. The molecule has 2 N–H and O–H groups in total. The van der Waals surface area contributed by atoms with E-state index < -0.39 is 12.0 Å². The van der Waals surface area contributed by atoms with Gasteiger partial charge in [0.25, 0.3) is 0 Å². The number of thioether (sulfide) groups is 1. The fourth-order valence-corrected chi connectivity index (χ4v) is 3.59. The molecule has 110 valence electrons. The molecule has 0 bridgehead atoms. The monoisotopic (exact) mass is 297 g/mol. The summed E-state index contributed by atoms with van der Waals surface area (Å²) in [6.45, 7) is 2.03. The molecule has 0 amide bonds. The summed E-state index contributed by atoms with van der Waals surface area (Å²) < 4.78 is 10.5. The van der Waals surface area contributed by atoms with Gasteiger partial charge in [0, 0.05) is 5.75 Å². The molecule has 20 heavy (non-hydrogen) atoms. The van der Waals surface area contributed by atoms with Crippen molar-refractivity contribution < 1.29 is 19.4 Å². The zero-order valence-corrected chi connectivity index (χ0v) is 12.6. The Labute approximate surface area is 122 Å². The maximum Gasteiger partial charge on any atom is 0.321 e. The number of ether oxygens (including phenoxy) is 2. The molecule has 1 saturated heterocycles. The number of hydrogen-bond acceptors (Lipinski definition) is 5. The Morgan fingerprint density at radius 2 is 2.15 bits per heavy atom. The second-order valence-corrected chi connectivity index (χ2v) is 6.47. The van der Waals surface area contributed by atoms with Crippen molar-refractivity contribution in [2.75, 3.05) is 20.0 Å². The normalized spacial score (nSPS) is 25.4. The van der Waals surface area contributed by atoms with Gasteiger partial charge in [-0.2, -0.15) is 0 Å². The highest BCUT2D eigenvalue weighted by Gasteiger charge is 2.38. The molecule has 2 rings (SSSR count). The van der Waals surface area contributed by atoms with Gasteiger partial charge in [0.15, 0.2) is 11.5 Å². The van der Waals surface area contributed by atoms with Crippen molar-refractivity contribution in [3.05, 3.63) is 23.8 Å². The van der Waals surface area contributed by atoms with Gasteiger partial charge in [-0.1, -0.05) is 6.07 Å². The van der Waals surface area contributed by atoms with Crippen LogP contribution in [0.5, 0.6) is 11.5 Å². The Kier molecular flexibility index (Phi) is 4.45. The van der Waals surface area contributed by atoms with Gasteiger partial charge in [0.1, 0.15) is 6.04 Å². The number of hydrogen-bond donors (Lipinski definition) is 2. The zero-order valence-electron chi connectivity index (χ0n) is 11.8. The number of nitrogens with one attached hydrogen (secondary N) is 1. The quantitative estimate of drug-likeness (QED) is 0.863. The third-order valence-electron chi connectivity index (χ3n) is 3.34. The molecule has 0 aliphatic carbocycles. The first kappa shape index (κ1) is 15.0. The number of rotatable bonds is 5. The lowest BCUT2D eigenvalue weighted by atomic mass is 10.1. The lowest BCUT2D eigenvalue weighted by molar-refractivity contribution is -0.138. The van der Waals surface area contributed by atoms with Gasteiger partial charge in [0.05, 0.1) is 19.1 Å². The number of benzene rings is 1. The van der Waals surface area contributed by atoms with Crippen molar-refractivity contribution in [1.29, 1.82) is 0 Å². The number of aliphatic carboxylic acids is 1. The molecule has 1 aliphatic rings. The topological polar surface area (TPSA) is 67.8 Å². The molecule has 2 atom stereocenters. The van der Waals surface area contributed by atoms with E-state index in [1.165, 1.54) is 0 Å². The first-order valence-electron chi connectivity index (χ1n) is 6.33. The van der Waals surface area contributed by atoms with Crippen molar-refractivity contribution in [2.45, 2.75) is 24.3 Å². The highest BCUT2D eigenvalue weighted by atomic mass is 32.2. The lowest BCUT2D eigenvalue weighted by Crippen LogP contribution is -2.44. The molecular weight excluding hydrogens is 278 g/mol. The van der Waals surface area contributed by atoms with Crippen LogP contribution in [-0.2, 0) is 11.2 Å². The van der Waals surface area contributed by atoms with Gasteiger partial charge in [0.2, 0.25) is 0 Å². The first-order valence-corrected chi connectivity index (χ1v) is 7.31. The van der Waals surface area contributed by atoms with Crippen LogP contribution in [0, 0.1) is 0 Å². The average molecular weight is 297 g/mol. The molecular formula is C14H19NO4S. The molecule has 6 heteroatoms. The summed E-state index contributed by atoms with van der Waals surface area (Å²) in [6.07, 6.45) is 0.724. The largest absolute Gasteiger partial charge is 0.493 e. The van der Waals surface area contributed by atoms with Gasteiger partial charge >= 0.3 is 5.97 Å². The van der Waals surface area contributed by atoms with Gasteiger partial charge in [-0.15, -0.1) is 11.8 Å². The summed E-state index contributed by atoms with van der Waals surface area (Å²) in [5.41, 5.74) is 1.08. The van der Waals surface area contributed by atoms with E-state index in [1.807, 2.05) is 25.1 Å². The predicted octanol–water partition coefficient (Wildman–Crippen LogP) is 1.75. The summed E-state index contributed by atoms with van der Waals surface area (Å²) in [5, 5.41) is 12.2. The van der Waals surface area contributed by atoms with Crippen LogP contribution < -0.4 is 14.8 Å². The van der Waals surface area contributed by atoms with Crippen molar-refractivity contribution in [2.24, 2.45) is 0 Å². The van der Waals surface area contributed by atoms with E-state index >= 15 is 0 Å². The van der Waals surface area contributed by atoms with E-state index in [-0.39, 0.29) is 4.87 Å². The van der Waals surface area contributed by atoms with Gasteiger partial charge < -0.3 is 14.6 Å². The minimum absolute atomic E-state index is 0.275. The van der Waals surface area contributed by atoms with Crippen LogP contribution in [-0.4, -0.2) is 42.0 Å². The molecule has 2 unspecified atom stereocenters. The van der Waals surface area contributed by atoms with Crippen LogP contribution >= 0.6 is 11.8 Å². The zero-order chi connectivity index (χ0) is 14.8. The molecule has 0 spiro atoms. The summed E-state index contributed by atoms with van der Waals surface area (Å²) in [4.78, 5) is 10.7. The number of carbonyl (C=O) groups is 1. The number of carboxylic acids is 1. The third-order valence-corrected chi connectivity index (χ3v) is 4.73. The Morgan fingerprint density at radius 1 is 1.45 bits per heavy atom. The molecule has 5 nitrogen and oxygen atoms in total. The van der Waals surface area contributed by atoms with Crippen molar-refractivity contribution in [1.82, 2.24) is 5.32 Å². The Balaban J connectivity index is 2.12. The molecule has 1 aromatic rings. The maximum absolute atomic E-state index is 11.0. The molecule has 1 fully saturated rings. The minimum atomic E-state index is -0.798. The first-order chi connectivity index (χ1) is 9.47. The van der Waals surface area contributed by atoms with Crippen LogP contribution in [0.3, 0.4) is 0 Å². The van der Waals surface area contributed by atoms with Crippen LogP contribution in [0.15, 0.2) is 18.2 Å². The van der Waals surface area contributed by atoms with Crippen LogP contribution in [0.1, 0.15) is 12.5 Å². The molecule has 1 aromatic carbocycles. The van der Waals surface area contributed by atoms with E-state index in [0.29, 0.717) is 17.3 Å². The third kappa shape index (κ3) is 3.19. The number of carboxylic acid groups (broad SMARTS) is 1. The van der Waals surface area contributed by atoms with E-state index in [1.54, 1.807) is 26.0 Å². The van der Waals surface area contributed by atoms with Crippen molar-refractivity contribution >= 4 is 17.7 Å². The van der Waals surface area contributed by atoms with E-state index in [2.05, 4.69) is 5.32 Å². The highest BCUT2D eigenvalue weighted by molar-refractivity contribution is 8.00. The highest BCUT2D eigenvalue weighted by Crippen LogP contribution is 2.35.